The molecule has 16 heavy (non-hydrogen) atoms. The predicted molar refractivity (Wildman–Crippen MR) is 60.4 cm³/mol. The fourth-order valence-corrected chi connectivity index (χ4v) is 2.33. The van der Waals surface area contributed by atoms with Gasteiger partial charge in [0, 0.05) is 5.92 Å². The minimum atomic E-state index is 0.309. The summed E-state index contributed by atoms with van der Waals surface area (Å²) in [6.45, 7) is 0. The van der Waals surface area contributed by atoms with Crippen molar-refractivity contribution in [2.75, 3.05) is 0 Å². The molecule has 1 aliphatic carbocycles. The molecule has 0 fully saturated rings. The Kier molecular flexibility index (Phi) is 2.40. The van der Waals surface area contributed by atoms with E-state index in [1.165, 1.54) is 11.1 Å². The standard InChI is InChI=1S/C12H11ClN2O/c13-7-11-14-12(16-15-11)10-5-8-3-1-2-4-9(8)6-10/h1-4,10H,5-7H2. The zero-order valence-corrected chi connectivity index (χ0v) is 9.44. The summed E-state index contributed by atoms with van der Waals surface area (Å²) in [5, 5.41) is 3.82. The SMILES string of the molecule is ClCc1noc(C2Cc3ccccc3C2)n1. The van der Waals surface area contributed by atoms with Crippen LogP contribution in [0.2, 0.25) is 0 Å². The molecule has 82 valence electrons. The second-order valence-electron chi connectivity index (χ2n) is 4.06. The molecule has 0 saturated heterocycles. The summed E-state index contributed by atoms with van der Waals surface area (Å²) >= 11 is 5.65. The molecule has 1 aromatic heterocycles. The van der Waals surface area contributed by atoms with E-state index in [4.69, 9.17) is 16.1 Å². The van der Waals surface area contributed by atoms with Crippen LogP contribution in [-0.2, 0) is 18.7 Å². The molecule has 0 atom stereocenters. The van der Waals surface area contributed by atoms with Crippen molar-refractivity contribution in [2.45, 2.75) is 24.6 Å². The Morgan fingerprint density at radius 2 is 1.94 bits per heavy atom. The molecule has 1 aliphatic rings. The number of hydrogen-bond acceptors (Lipinski definition) is 3. The van der Waals surface area contributed by atoms with Gasteiger partial charge < -0.3 is 4.52 Å². The van der Waals surface area contributed by atoms with Gasteiger partial charge in [0.15, 0.2) is 5.82 Å². The highest BCUT2D eigenvalue weighted by Crippen LogP contribution is 2.32. The first kappa shape index (κ1) is 9.85. The highest BCUT2D eigenvalue weighted by Gasteiger charge is 2.26. The maximum absolute atomic E-state index is 5.65. The number of hydrogen-bond donors (Lipinski definition) is 0. The molecule has 0 aliphatic heterocycles. The van der Waals surface area contributed by atoms with Crippen LogP contribution in [-0.4, -0.2) is 10.1 Å². The van der Waals surface area contributed by atoms with Crippen LogP contribution in [0.3, 0.4) is 0 Å². The van der Waals surface area contributed by atoms with E-state index in [0.717, 1.165) is 12.8 Å². The van der Waals surface area contributed by atoms with Crippen LogP contribution in [0.4, 0.5) is 0 Å². The van der Waals surface area contributed by atoms with E-state index in [2.05, 4.69) is 34.4 Å². The van der Waals surface area contributed by atoms with E-state index in [9.17, 15) is 0 Å². The van der Waals surface area contributed by atoms with Crippen molar-refractivity contribution >= 4 is 11.6 Å². The van der Waals surface area contributed by atoms with Crippen molar-refractivity contribution in [1.29, 1.82) is 0 Å². The molecule has 2 aromatic rings. The van der Waals surface area contributed by atoms with Gasteiger partial charge in [-0.25, -0.2) is 0 Å². The van der Waals surface area contributed by atoms with Crippen LogP contribution in [0.5, 0.6) is 0 Å². The van der Waals surface area contributed by atoms with E-state index in [-0.39, 0.29) is 0 Å². The number of aromatic nitrogens is 2. The summed E-state index contributed by atoms with van der Waals surface area (Å²) < 4.78 is 5.23. The van der Waals surface area contributed by atoms with Gasteiger partial charge >= 0.3 is 0 Å². The third kappa shape index (κ3) is 1.61. The molecule has 0 saturated carbocycles. The van der Waals surface area contributed by atoms with Gasteiger partial charge in [-0.15, -0.1) is 11.6 Å². The van der Waals surface area contributed by atoms with Crippen LogP contribution in [0, 0.1) is 0 Å². The predicted octanol–water partition coefficient (Wildman–Crippen LogP) is 2.69. The van der Waals surface area contributed by atoms with Gasteiger partial charge in [0.25, 0.3) is 0 Å². The molecule has 3 nitrogen and oxygen atoms in total. The third-order valence-corrected chi connectivity index (χ3v) is 3.24. The summed E-state index contributed by atoms with van der Waals surface area (Å²) in [5.74, 6) is 1.92. The van der Waals surface area contributed by atoms with Gasteiger partial charge in [-0.1, -0.05) is 29.4 Å². The van der Waals surface area contributed by atoms with Gasteiger partial charge in [0.05, 0.1) is 5.88 Å². The van der Waals surface area contributed by atoms with Gasteiger partial charge in [-0.05, 0) is 24.0 Å². The number of rotatable bonds is 2. The second kappa shape index (κ2) is 3.91. The second-order valence-corrected chi connectivity index (χ2v) is 4.32. The van der Waals surface area contributed by atoms with Crippen LogP contribution >= 0.6 is 11.6 Å². The summed E-state index contributed by atoms with van der Waals surface area (Å²) in [7, 11) is 0. The smallest absolute Gasteiger partial charge is 0.230 e. The highest BCUT2D eigenvalue weighted by atomic mass is 35.5. The maximum Gasteiger partial charge on any atom is 0.230 e. The zero-order chi connectivity index (χ0) is 11.0. The van der Waals surface area contributed by atoms with Crippen LogP contribution in [0.15, 0.2) is 28.8 Å². The zero-order valence-electron chi connectivity index (χ0n) is 8.69. The topological polar surface area (TPSA) is 38.9 Å². The molecular formula is C12H11ClN2O. The van der Waals surface area contributed by atoms with Crippen molar-refractivity contribution < 1.29 is 4.52 Å². The van der Waals surface area contributed by atoms with E-state index in [1.54, 1.807) is 0 Å². The highest BCUT2D eigenvalue weighted by molar-refractivity contribution is 6.16. The quantitative estimate of drug-likeness (QED) is 0.750. The molecule has 0 amide bonds. The molecule has 0 unspecified atom stereocenters. The van der Waals surface area contributed by atoms with E-state index in [1.807, 2.05) is 0 Å². The lowest BCUT2D eigenvalue weighted by Gasteiger charge is -2.00. The maximum atomic E-state index is 5.65. The molecule has 1 heterocycles. The summed E-state index contributed by atoms with van der Waals surface area (Å²) in [4.78, 5) is 4.28. The Bertz CT molecular complexity index is 484. The summed E-state index contributed by atoms with van der Waals surface area (Å²) in [6.07, 6.45) is 1.97. The number of alkyl halides is 1. The minimum absolute atomic E-state index is 0.309. The Hall–Kier alpha value is -1.35. The van der Waals surface area contributed by atoms with Crippen molar-refractivity contribution in [3.63, 3.8) is 0 Å². The first-order valence-corrected chi connectivity index (χ1v) is 5.85. The molecule has 3 rings (SSSR count). The monoisotopic (exact) mass is 234 g/mol. The average Bonchev–Trinajstić information content (AvgIpc) is 2.95. The molecule has 0 N–H and O–H groups in total. The summed E-state index contributed by atoms with van der Waals surface area (Å²) in [6, 6.07) is 8.46. The van der Waals surface area contributed by atoms with Gasteiger partial charge in [-0.3, -0.25) is 0 Å². The fraction of sp³-hybridized carbons (Fsp3) is 0.333. The molecule has 1 aromatic carbocycles. The molecule has 4 heteroatoms. The van der Waals surface area contributed by atoms with Crippen LogP contribution in [0.25, 0.3) is 0 Å². The first-order valence-electron chi connectivity index (χ1n) is 5.32. The summed E-state index contributed by atoms with van der Waals surface area (Å²) in [5.41, 5.74) is 2.77. The number of benzene rings is 1. The van der Waals surface area contributed by atoms with Crippen molar-refractivity contribution in [1.82, 2.24) is 10.1 Å². The van der Waals surface area contributed by atoms with Crippen molar-refractivity contribution in [2.24, 2.45) is 0 Å². The van der Waals surface area contributed by atoms with Crippen molar-refractivity contribution in [3.05, 3.63) is 47.1 Å². The molecule has 0 radical (unpaired) electrons. The number of nitrogens with zero attached hydrogens (tertiary/aromatic N) is 2. The lowest BCUT2D eigenvalue weighted by Crippen LogP contribution is -1.98. The Labute approximate surface area is 98.4 Å². The lowest BCUT2D eigenvalue weighted by molar-refractivity contribution is 0.352. The molecule has 0 bridgehead atoms. The molecular weight excluding hydrogens is 224 g/mol. The average molecular weight is 235 g/mol. The number of halogens is 1. The molecule has 0 spiro atoms. The Balaban J connectivity index is 1.85. The lowest BCUT2D eigenvalue weighted by atomic mass is 10.1. The third-order valence-electron chi connectivity index (χ3n) is 3.00. The van der Waals surface area contributed by atoms with E-state index >= 15 is 0 Å². The minimum Gasteiger partial charge on any atom is -0.339 e. The Morgan fingerprint density at radius 3 is 2.50 bits per heavy atom. The van der Waals surface area contributed by atoms with Crippen LogP contribution < -0.4 is 0 Å². The van der Waals surface area contributed by atoms with Crippen LogP contribution in [0.1, 0.15) is 28.8 Å². The van der Waals surface area contributed by atoms with Gasteiger partial charge in [0.1, 0.15) is 0 Å². The normalized spacial score (nSPS) is 15.3. The largest absolute Gasteiger partial charge is 0.339 e. The Morgan fingerprint density at radius 1 is 1.25 bits per heavy atom. The van der Waals surface area contributed by atoms with Gasteiger partial charge in [0.2, 0.25) is 5.89 Å². The first-order chi connectivity index (χ1) is 7.86. The van der Waals surface area contributed by atoms with E-state index < -0.39 is 0 Å². The van der Waals surface area contributed by atoms with Gasteiger partial charge in [-0.2, -0.15) is 4.98 Å². The fourth-order valence-electron chi connectivity index (χ4n) is 2.22. The van der Waals surface area contributed by atoms with E-state index in [0.29, 0.717) is 23.5 Å². The van der Waals surface area contributed by atoms with Crippen molar-refractivity contribution in [3.8, 4) is 0 Å². The number of fused-ring (bicyclic) bond motifs is 1.